The summed E-state index contributed by atoms with van der Waals surface area (Å²) in [6, 6.07) is 72.5. The lowest BCUT2D eigenvalue weighted by Crippen LogP contribution is -2.10. The Labute approximate surface area is 343 Å². The lowest BCUT2D eigenvalue weighted by Gasteiger charge is -2.26. The molecule has 4 heteroatoms. The van der Waals surface area contributed by atoms with Crippen LogP contribution < -0.4 is 4.90 Å². The highest BCUT2D eigenvalue weighted by molar-refractivity contribution is 7.27. The van der Waals surface area contributed by atoms with E-state index in [-0.39, 0.29) is 0 Å². The molecule has 0 saturated carbocycles. The van der Waals surface area contributed by atoms with E-state index in [9.17, 15) is 0 Å². The third-order valence-corrected chi connectivity index (χ3v) is 14.1. The fourth-order valence-corrected chi connectivity index (χ4v) is 11.5. The first-order chi connectivity index (χ1) is 28.8. The predicted octanol–water partition coefficient (Wildman–Crippen LogP) is 16.8. The van der Waals surface area contributed by atoms with Crippen molar-refractivity contribution in [1.82, 2.24) is 0 Å². The number of benzene rings is 9. The molecule has 0 atom stereocenters. The molecule has 0 bridgehead atoms. The van der Waals surface area contributed by atoms with Crippen LogP contribution in [0.3, 0.4) is 0 Å². The molecule has 0 aliphatic rings. The minimum Gasteiger partial charge on any atom is -0.456 e. The Morgan fingerprint density at radius 3 is 1.47 bits per heavy atom. The number of fused-ring (bicyclic) bond motifs is 10. The van der Waals surface area contributed by atoms with Crippen LogP contribution in [0.15, 0.2) is 205 Å². The van der Waals surface area contributed by atoms with Crippen molar-refractivity contribution in [2.75, 3.05) is 4.90 Å². The van der Waals surface area contributed by atoms with Gasteiger partial charge < -0.3 is 9.32 Å². The van der Waals surface area contributed by atoms with Gasteiger partial charge in [-0.15, -0.1) is 22.7 Å². The number of rotatable bonds is 6. The van der Waals surface area contributed by atoms with Crippen LogP contribution in [0, 0.1) is 0 Å². The summed E-state index contributed by atoms with van der Waals surface area (Å²) in [6.07, 6.45) is 0. The molecule has 3 aromatic heterocycles. The summed E-state index contributed by atoms with van der Waals surface area (Å²) in [7, 11) is 0. The SMILES string of the molecule is c1ccc(-c2ccc(N(c3ccc(-c4cccc5c4sc4c5ccc5oc6ccccc6c54)cc3)c3cccc4c3sc3c(-c5ccccc5)cccc34)cc2)cc1. The molecule has 0 aliphatic carbocycles. The van der Waals surface area contributed by atoms with E-state index in [1.54, 1.807) is 0 Å². The van der Waals surface area contributed by atoms with Crippen molar-refractivity contribution in [3.05, 3.63) is 200 Å². The van der Waals surface area contributed by atoms with Crippen molar-refractivity contribution < 1.29 is 4.42 Å². The second-order valence-electron chi connectivity index (χ2n) is 14.8. The number of furan rings is 1. The minimum absolute atomic E-state index is 0.931. The van der Waals surface area contributed by atoms with Crippen LogP contribution >= 0.6 is 22.7 Å². The Bertz CT molecular complexity index is 3490. The molecule has 2 nitrogen and oxygen atoms in total. The van der Waals surface area contributed by atoms with Crippen molar-refractivity contribution in [3.63, 3.8) is 0 Å². The van der Waals surface area contributed by atoms with Crippen molar-refractivity contribution >= 4 is 102 Å². The van der Waals surface area contributed by atoms with Crippen molar-refractivity contribution in [3.8, 4) is 33.4 Å². The molecule has 0 unspecified atom stereocenters. The van der Waals surface area contributed by atoms with Gasteiger partial charge in [0.1, 0.15) is 11.2 Å². The van der Waals surface area contributed by atoms with Crippen LogP contribution in [-0.4, -0.2) is 0 Å². The zero-order valence-corrected chi connectivity index (χ0v) is 32.9. The Morgan fingerprint density at radius 2 is 0.793 bits per heavy atom. The average Bonchev–Trinajstić information content (AvgIpc) is 3.99. The zero-order valence-electron chi connectivity index (χ0n) is 31.2. The van der Waals surface area contributed by atoms with E-state index in [2.05, 4.69) is 199 Å². The molecule has 0 amide bonds. The monoisotopic (exact) mass is 775 g/mol. The third-order valence-electron chi connectivity index (χ3n) is 11.5. The van der Waals surface area contributed by atoms with Crippen LogP contribution in [0.25, 0.3) is 95.7 Å². The summed E-state index contributed by atoms with van der Waals surface area (Å²) in [5.74, 6) is 0. The van der Waals surface area contributed by atoms with Gasteiger partial charge in [-0.25, -0.2) is 0 Å². The highest BCUT2D eigenvalue weighted by Gasteiger charge is 2.21. The fourth-order valence-electron chi connectivity index (χ4n) is 8.77. The number of anilines is 3. The number of nitrogens with zero attached hydrogens (tertiary/aromatic N) is 1. The summed E-state index contributed by atoms with van der Waals surface area (Å²) in [4.78, 5) is 2.43. The lowest BCUT2D eigenvalue weighted by atomic mass is 10.0. The molecule has 0 radical (unpaired) electrons. The predicted molar refractivity (Wildman–Crippen MR) is 250 cm³/mol. The van der Waals surface area contributed by atoms with Crippen molar-refractivity contribution in [1.29, 1.82) is 0 Å². The average molecular weight is 776 g/mol. The zero-order chi connectivity index (χ0) is 38.2. The second-order valence-corrected chi connectivity index (χ2v) is 16.8. The van der Waals surface area contributed by atoms with Gasteiger partial charge in [0.05, 0.1) is 10.4 Å². The van der Waals surface area contributed by atoms with Crippen molar-refractivity contribution in [2.45, 2.75) is 0 Å². The normalized spacial score (nSPS) is 11.8. The number of hydrogen-bond acceptors (Lipinski definition) is 4. The first-order valence-electron chi connectivity index (χ1n) is 19.6. The summed E-state index contributed by atoms with van der Waals surface area (Å²) >= 11 is 3.76. The fraction of sp³-hybridized carbons (Fsp3) is 0. The molecule has 3 heterocycles. The minimum atomic E-state index is 0.931. The maximum Gasteiger partial charge on any atom is 0.136 e. The summed E-state index contributed by atoms with van der Waals surface area (Å²) in [5, 5.41) is 7.48. The summed E-state index contributed by atoms with van der Waals surface area (Å²) < 4.78 is 11.4. The lowest BCUT2D eigenvalue weighted by molar-refractivity contribution is 0.669. The molecular weight excluding hydrogens is 743 g/mol. The molecule has 0 N–H and O–H groups in total. The van der Waals surface area contributed by atoms with E-state index < -0.39 is 0 Å². The van der Waals surface area contributed by atoms with E-state index in [4.69, 9.17) is 4.42 Å². The molecule has 12 aromatic rings. The van der Waals surface area contributed by atoms with Crippen LogP contribution in [-0.2, 0) is 0 Å². The quantitative estimate of drug-likeness (QED) is 0.167. The van der Waals surface area contributed by atoms with Gasteiger partial charge in [0.2, 0.25) is 0 Å². The molecule has 0 fully saturated rings. The molecule has 12 rings (SSSR count). The van der Waals surface area contributed by atoms with Crippen LogP contribution in [0.2, 0.25) is 0 Å². The first-order valence-corrected chi connectivity index (χ1v) is 21.2. The van der Waals surface area contributed by atoms with E-state index in [0.717, 1.165) is 22.5 Å². The molecular formula is C54H33NOS2. The molecule has 0 aliphatic heterocycles. The van der Waals surface area contributed by atoms with E-state index in [0.29, 0.717) is 0 Å². The standard InChI is InChI=1S/C54H33NOS2/c1-3-12-34(13-4-1)35-24-28-38(29-25-35)55(47-22-11-21-44-42-19-9-17-40(51(42)57-53(44)47)36-14-5-2-6-15-36)39-30-26-37(27-31-39)41-18-10-20-43-45-32-33-49-50(54(45)58-52(41)43)46-16-7-8-23-48(46)56-49/h1-33H. The Hall–Kier alpha value is -6.98. The number of para-hydroxylation sites is 1. The highest BCUT2D eigenvalue weighted by atomic mass is 32.1. The Balaban J connectivity index is 1.02. The first kappa shape index (κ1) is 33.2. The van der Waals surface area contributed by atoms with Crippen LogP contribution in [0.5, 0.6) is 0 Å². The van der Waals surface area contributed by atoms with E-state index in [1.807, 2.05) is 28.7 Å². The van der Waals surface area contributed by atoms with Gasteiger partial charge in [-0.05, 0) is 81.9 Å². The van der Waals surface area contributed by atoms with Gasteiger partial charge in [0.15, 0.2) is 0 Å². The van der Waals surface area contributed by atoms with Gasteiger partial charge in [-0.1, -0.05) is 152 Å². The summed E-state index contributed by atoms with van der Waals surface area (Å²) in [6.45, 7) is 0. The maximum absolute atomic E-state index is 6.28. The largest absolute Gasteiger partial charge is 0.456 e. The number of hydrogen-bond donors (Lipinski definition) is 0. The van der Waals surface area contributed by atoms with Crippen LogP contribution in [0.1, 0.15) is 0 Å². The summed E-state index contributed by atoms with van der Waals surface area (Å²) in [5.41, 5.74) is 12.6. The topological polar surface area (TPSA) is 16.4 Å². The number of thiophene rings is 2. The Morgan fingerprint density at radius 1 is 0.310 bits per heavy atom. The van der Waals surface area contributed by atoms with Gasteiger partial charge in [-0.3, -0.25) is 0 Å². The van der Waals surface area contributed by atoms with E-state index in [1.165, 1.54) is 90.2 Å². The molecule has 0 spiro atoms. The molecule has 272 valence electrons. The van der Waals surface area contributed by atoms with Gasteiger partial charge in [0.25, 0.3) is 0 Å². The third kappa shape index (κ3) is 5.23. The smallest absolute Gasteiger partial charge is 0.136 e. The second kappa shape index (κ2) is 13.3. The van der Waals surface area contributed by atoms with Gasteiger partial charge in [-0.2, -0.15) is 0 Å². The van der Waals surface area contributed by atoms with Crippen molar-refractivity contribution in [2.24, 2.45) is 0 Å². The van der Waals surface area contributed by atoms with Crippen LogP contribution in [0.4, 0.5) is 17.1 Å². The Kier molecular flexibility index (Phi) is 7.62. The molecule has 9 aromatic carbocycles. The molecule has 58 heavy (non-hydrogen) atoms. The van der Waals surface area contributed by atoms with E-state index >= 15 is 0 Å². The maximum atomic E-state index is 6.28. The van der Waals surface area contributed by atoms with Gasteiger partial charge in [0, 0.05) is 57.8 Å². The highest BCUT2D eigenvalue weighted by Crippen LogP contribution is 2.49. The van der Waals surface area contributed by atoms with Gasteiger partial charge >= 0.3 is 0 Å². The molecule has 0 saturated heterocycles.